The van der Waals surface area contributed by atoms with Crippen molar-refractivity contribution in [1.29, 1.82) is 0 Å². The molecule has 0 aromatic heterocycles. The third-order valence-electron chi connectivity index (χ3n) is 3.49. The third-order valence-corrected chi connectivity index (χ3v) is 5.88. The minimum Gasteiger partial charge on any atom is -0.496 e. The fraction of sp³-hybridized carbons (Fsp3) is 0.200. The van der Waals surface area contributed by atoms with Crippen molar-refractivity contribution in [1.82, 2.24) is 0 Å². The highest BCUT2D eigenvalue weighted by Gasteiger charge is 2.26. The molecular weight excluding hydrogens is 416 g/mol. The molecule has 10 heteroatoms. The first-order chi connectivity index (χ1) is 11.7. The molecule has 0 amide bonds. The van der Waals surface area contributed by atoms with Gasteiger partial charge in [0.2, 0.25) is 0 Å². The number of nitro groups is 1. The highest BCUT2D eigenvalue weighted by Crippen LogP contribution is 2.35. The maximum atomic E-state index is 12.9. The van der Waals surface area contributed by atoms with E-state index < -0.39 is 14.9 Å². The van der Waals surface area contributed by atoms with Gasteiger partial charge in [-0.05, 0) is 40.2 Å². The van der Waals surface area contributed by atoms with Crippen LogP contribution < -0.4 is 13.8 Å². The van der Waals surface area contributed by atoms with Crippen molar-refractivity contribution in [2.45, 2.75) is 4.90 Å². The molecule has 8 nitrogen and oxygen atoms in total. The number of sulfonamides is 1. The second-order valence-electron chi connectivity index (χ2n) is 4.88. The maximum absolute atomic E-state index is 12.9. The van der Waals surface area contributed by atoms with Gasteiger partial charge in [0.25, 0.3) is 15.7 Å². The molecule has 0 heterocycles. The van der Waals surface area contributed by atoms with Gasteiger partial charge in [-0.2, -0.15) is 0 Å². The number of nitro benzene ring substituents is 1. The molecule has 0 aliphatic heterocycles. The minimum atomic E-state index is -3.97. The molecule has 25 heavy (non-hydrogen) atoms. The van der Waals surface area contributed by atoms with E-state index in [1.165, 1.54) is 51.6 Å². The van der Waals surface area contributed by atoms with Crippen molar-refractivity contribution < 1.29 is 22.8 Å². The van der Waals surface area contributed by atoms with E-state index in [1.54, 1.807) is 0 Å². The minimum absolute atomic E-state index is 0.00349. The van der Waals surface area contributed by atoms with Crippen molar-refractivity contribution in [3.63, 3.8) is 0 Å². The first kappa shape index (κ1) is 19.0. The predicted molar refractivity (Wildman–Crippen MR) is 95.9 cm³/mol. The number of hydrogen-bond acceptors (Lipinski definition) is 6. The quantitative estimate of drug-likeness (QED) is 0.515. The van der Waals surface area contributed by atoms with Gasteiger partial charge in [-0.1, -0.05) is 0 Å². The topological polar surface area (TPSA) is 99.0 Å². The summed E-state index contributed by atoms with van der Waals surface area (Å²) in [6, 6.07) is 8.04. The van der Waals surface area contributed by atoms with Gasteiger partial charge >= 0.3 is 0 Å². The van der Waals surface area contributed by atoms with Gasteiger partial charge in [-0.25, -0.2) is 8.42 Å². The molecule has 0 unspecified atom stereocenters. The van der Waals surface area contributed by atoms with E-state index in [4.69, 9.17) is 9.47 Å². The first-order valence-electron chi connectivity index (χ1n) is 6.87. The summed E-state index contributed by atoms with van der Waals surface area (Å²) in [7, 11) is 0.154. The van der Waals surface area contributed by atoms with E-state index >= 15 is 0 Å². The highest BCUT2D eigenvalue weighted by atomic mass is 79.9. The summed E-state index contributed by atoms with van der Waals surface area (Å²) in [5.41, 5.74) is -0.183. The van der Waals surface area contributed by atoms with E-state index in [2.05, 4.69) is 15.9 Å². The predicted octanol–water partition coefficient (Wildman–Crippen LogP) is 3.20. The van der Waals surface area contributed by atoms with Crippen molar-refractivity contribution in [2.75, 3.05) is 25.6 Å². The van der Waals surface area contributed by atoms with Gasteiger partial charge in [-0.3, -0.25) is 14.4 Å². The van der Waals surface area contributed by atoms with Crippen LogP contribution in [-0.2, 0) is 10.0 Å². The molecule has 2 aromatic rings. The molecule has 0 saturated carbocycles. The Morgan fingerprint density at radius 3 is 2.20 bits per heavy atom. The molecule has 0 aliphatic carbocycles. The fourth-order valence-corrected chi connectivity index (χ4v) is 4.05. The number of anilines is 1. The van der Waals surface area contributed by atoms with Gasteiger partial charge in [0.1, 0.15) is 17.2 Å². The van der Waals surface area contributed by atoms with Crippen LogP contribution in [0.25, 0.3) is 0 Å². The normalized spacial score (nSPS) is 11.0. The standard InChI is InChI=1S/C15H15BrN2O6S/c1-17(13-8-10(18(19)20)4-6-15(13)24-3)25(21,22)11-5-7-14(23-2)12(16)9-11/h4-9H,1-3H3. The number of non-ortho nitro benzene ring substituents is 1. The number of ether oxygens (including phenoxy) is 2. The van der Waals surface area contributed by atoms with Crippen molar-refractivity contribution in [3.8, 4) is 11.5 Å². The molecule has 0 saturated heterocycles. The second kappa shape index (κ2) is 7.28. The summed E-state index contributed by atoms with van der Waals surface area (Å²) in [5.74, 6) is 0.679. The van der Waals surface area contributed by atoms with E-state index in [0.29, 0.717) is 10.2 Å². The summed E-state index contributed by atoms with van der Waals surface area (Å²) in [6.07, 6.45) is 0. The average molecular weight is 431 g/mol. The SMILES string of the molecule is COc1ccc(S(=O)(=O)N(C)c2cc([N+](=O)[O-])ccc2OC)cc1Br. The van der Waals surface area contributed by atoms with Crippen LogP contribution >= 0.6 is 15.9 Å². The largest absolute Gasteiger partial charge is 0.496 e. The lowest BCUT2D eigenvalue weighted by Crippen LogP contribution is -2.27. The van der Waals surface area contributed by atoms with Crippen LogP contribution in [0.5, 0.6) is 11.5 Å². The molecular formula is C15H15BrN2O6S. The van der Waals surface area contributed by atoms with Gasteiger partial charge in [0.05, 0.1) is 28.5 Å². The number of hydrogen-bond donors (Lipinski definition) is 0. The Morgan fingerprint density at radius 2 is 1.68 bits per heavy atom. The first-order valence-corrected chi connectivity index (χ1v) is 9.10. The van der Waals surface area contributed by atoms with Crippen LogP contribution in [0, 0.1) is 10.1 Å². The van der Waals surface area contributed by atoms with Gasteiger partial charge < -0.3 is 9.47 Å². The zero-order valence-electron chi connectivity index (χ0n) is 13.6. The molecule has 0 N–H and O–H groups in total. The molecule has 134 valence electrons. The maximum Gasteiger partial charge on any atom is 0.271 e. The van der Waals surface area contributed by atoms with Crippen LogP contribution in [0.15, 0.2) is 45.8 Å². The zero-order chi connectivity index (χ0) is 18.8. The van der Waals surface area contributed by atoms with Crippen LogP contribution in [0.4, 0.5) is 11.4 Å². The molecule has 0 atom stereocenters. The molecule has 2 aromatic carbocycles. The second-order valence-corrected chi connectivity index (χ2v) is 7.71. The number of benzene rings is 2. The number of rotatable bonds is 6. The lowest BCUT2D eigenvalue weighted by molar-refractivity contribution is -0.384. The number of halogens is 1. The highest BCUT2D eigenvalue weighted by molar-refractivity contribution is 9.10. The summed E-state index contributed by atoms with van der Waals surface area (Å²) < 4.78 is 37.4. The van der Waals surface area contributed by atoms with Crippen LogP contribution in [0.3, 0.4) is 0 Å². The molecule has 0 radical (unpaired) electrons. The summed E-state index contributed by atoms with van der Waals surface area (Å²) in [6.45, 7) is 0. The molecule has 0 aliphatic rings. The van der Waals surface area contributed by atoms with Gasteiger partial charge in [0, 0.05) is 19.2 Å². The Kier molecular flexibility index (Phi) is 5.53. The van der Waals surface area contributed by atoms with Crippen molar-refractivity contribution >= 4 is 37.3 Å². The summed E-state index contributed by atoms with van der Waals surface area (Å²) in [4.78, 5) is 10.4. The van der Waals surface area contributed by atoms with E-state index in [9.17, 15) is 18.5 Å². The fourth-order valence-electron chi connectivity index (χ4n) is 2.13. The lowest BCUT2D eigenvalue weighted by atomic mass is 10.2. The van der Waals surface area contributed by atoms with Gasteiger partial charge in [0.15, 0.2) is 0 Å². The van der Waals surface area contributed by atoms with E-state index in [0.717, 1.165) is 10.4 Å². The Hall–Kier alpha value is -2.33. The van der Waals surface area contributed by atoms with Crippen molar-refractivity contribution in [2.24, 2.45) is 0 Å². The number of methoxy groups -OCH3 is 2. The molecule has 0 spiro atoms. The molecule has 0 fully saturated rings. The van der Waals surface area contributed by atoms with Gasteiger partial charge in [-0.15, -0.1) is 0 Å². The van der Waals surface area contributed by atoms with Crippen molar-refractivity contribution in [3.05, 3.63) is 51.0 Å². The van der Waals surface area contributed by atoms with Crippen LogP contribution in [-0.4, -0.2) is 34.6 Å². The van der Waals surface area contributed by atoms with E-state index in [-0.39, 0.29) is 22.0 Å². The average Bonchev–Trinajstić information content (AvgIpc) is 2.60. The Labute approximate surface area is 153 Å². The van der Waals surface area contributed by atoms with Crippen LogP contribution in [0.2, 0.25) is 0 Å². The smallest absolute Gasteiger partial charge is 0.271 e. The van der Waals surface area contributed by atoms with E-state index in [1.807, 2.05) is 0 Å². The monoisotopic (exact) mass is 430 g/mol. The Morgan fingerprint density at radius 1 is 1.08 bits per heavy atom. The Balaban J connectivity index is 2.55. The lowest BCUT2D eigenvalue weighted by Gasteiger charge is -2.21. The number of nitrogens with zero attached hydrogens (tertiary/aromatic N) is 2. The third kappa shape index (κ3) is 3.69. The summed E-state index contributed by atoms with van der Waals surface area (Å²) in [5, 5.41) is 11.0. The zero-order valence-corrected chi connectivity index (χ0v) is 16.0. The Bertz CT molecular complexity index is 916. The van der Waals surface area contributed by atoms with Crippen LogP contribution in [0.1, 0.15) is 0 Å². The summed E-state index contributed by atoms with van der Waals surface area (Å²) >= 11 is 3.24. The molecule has 2 rings (SSSR count). The molecule has 0 bridgehead atoms.